The Labute approximate surface area is 473 Å². The number of halogens is 2. The maximum Gasteiger partial charge on any atom is 0.347 e. The molecular weight excluding hydrogens is 1070 g/mol. The van der Waals surface area contributed by atoms with E-state index in [-0.39, 0.29) is 61.3 Å². The number of ether oxygens (including phenoxy) is 4. The van der Waals surface area contributed by atoms with Gasteiger partial charge in [0.25, 0.3) is 11.8 Å². The molecule has 0 aliphatic rings. The minimum atomic E-state index is -1.22. The van der Waals surface area contributed by atoms with Crippen molar-refractivity contribution >= 4 is 59.3 Å². The molecule has 5 aromatic carbocycles. The standard InChI is InChI=1S/C60H66F2N6O14/c1-79-59(77)49(81-57(75)43-14-5-3-6-15-43)20-9-11-32-63-51(69)37-67(39-53(71)65-34-30-41-22-26-47(61)27-23-41)55(73)45-18-13-19-46(36-45)56(74)68(40-54(72)66-35-31-42-24-28-48(62)29-25-42)38-52(70)64-33-12-10-21-50(60(78)80-2)82-58(76)44-16-7-4-8-17-44/h3-8,13-19,22-29,36,49-50H,9-12,20-21,30-35,37-40H2,1-2H3,(H,63,69)(H,64,70)(H,65,71)(H,66,72)/t49-,50-/m0/s1. The lowest BCUT2D eigenvalue weighted by atomic mass is 10.1. The fourth-order valence-electron chi connectivity index (χ4n) is 8.08. The summed E-state index contributed by atoms with van der Waals surface area (Å²) in [5.74, 6) is -8.14. The predicted molar refractivity (Wildman–Crippen MR) is 294 cm³/mol. The van der Waals surface area contributed by atoms with Crippen molar-refractivity contribution in [3.05, 3.63) is 178 Å². The van der Waals surface area contributed by atoms with Crippen molar-refractivity contribution in [1.82, 2.24) is 31.1 Å². The minimum Gasteiger partial charge on any atom is -0.466 e. The van der Waals surface area contributed by atoms with Gasteiger partial charge in [0, 0.05) is 37.3 Å². The summed E-state index contributed by atoms with van der Waals surface area (Å²) in [5, 5.41) is 10.8. The van der Waals surface area contributed by atoms with Gasteiger partial charge in [-0.3, -0.25) is 28.8 Å². The number of unbranched alkanes of at least 4 members (excludes halogenated alkanes) is 2. The highest BCUT2D eigenvalue weighted by atomic mass is 19.1. The number of nitrogens with zero attached hydrogens (tertiary/aromatic N) is 2. The molecular formula is C60H66F2N6O14. The molecule has 5 rings (SSSR count). The van der Waals surface area contributed by atoms with E-state index in [9.17, 15) is 56.7 Å². The monoisotopic (exact) mass is 1130 g/mol. The van der Waals surface area contributed by atoms with Gasteiger partial charge in [0.1, 0.15) is 37.8 Å². The van der Waals surface area contributed by atoms with Gasteiger partial charge in [-0.25, -0.2) is 28.0 Å². The number of hydrogen-bond acceptors (Lipinski definition) is 14. The van der Waals surface area contributed by atoms with Crippen LogP contribution in [0.25, 0.3) is 0 Å². The number of esters is 4. The van der Waals surface area contributed by atoms with Crippen LogP contribution in [-0.4, -0.2) is 148 Å². The number of methoxy groups -OCH3 is 2. The van der Waals surface area contributed by atoms with Crippen LogP contribution in [0.3, 0.4) is 0 Å². The van der Waals surface area contributed by atoms with E-state index >= 15 is 0 Å². The molecule has 0 bridgehead atoms. The van der Waals surface area contributed by atoms with Crippen molar-refractivity contribution in [2.75, 3.05) is 66.6 Å². The van der Waals surface area contributed by atoms with Crippen molar-refractivity contribution in [3.63, 3.8) is 0 Å². The summed E-state index contributed by atoms with van der Waals surface area (Å²) in [7, 11) is 2.32. The normalized spacial score (nSPS) is 11.4. The lowest BCUT2D eigenvalue weighted by molar-refractivity contribution is -0.151. The lowest BCUT2D eigenvalue weighted by Crippen LogP contribution is -2.47. The smallest absolute Gasteiger partial charge is 0.347 e. The number of carbonyl (C=O) groups excluding carboxylic acids is 10. The Balaban J connectivity index is 1.25. The average molecular weight is 1130 g/mol. The third-order valence-electron chi connectivity index (χ3n) is 12.4. The summed E-state index contributed by atoms with van der Waals surface area (Å²) in [4.78, 5) is 134. The van der Waals surface area contributed by atoms with E-state index in [0.29, 0.717) is 38.5 Å². The Morgan fingerprint density at radius 3 is 1.09 bits per heavy atom. The van der Waals surface area contributed by atoms with Crippen LogP contribution < -0.4 is 21.3 Å². The molecule has 0 aliphatic heterocycles. The number of rotatable bonds is 32. The third-order valence-corrected chi connectivity index (χ3v) is 12.4. The highest BCUT2D eigenvalue weighted by Crippen LogP contribution is 2.16. The highest BCUT2D eigenvalue weighted by Gasteiger charge is 2.28. The Morgan fingerprint density at radius 1 is 0.415 bits per heavy atom. The van der Waals surface area contributed by atoms with Crippen LogP contribution in [0.1, 0.15) is 91.1 Å². The van der Waals surface area contributed by atoms with Crippen LogP contribution in [0.4, 0.5) is 8.78 Å². The van der Waals surface area contributed by atoms with Gasteiger partial charge in [-0.05, 0) is 129 Å². The Hall–Kier alpha value is -9.34. The molecule has 0 aromatic heterocycles. The third kappa shape index (κ3) is 22.1. The summed E-state index contributed by atoms with van der Waals surface area (Å²) in [5.41, 5.74) is 1.66. The van der Waals surface area contributed by atoms with Gasteiger partial charge < -0.3 is 50.0 Å². The van der Waals surface area contributed by atoms with Gasteiger partial charge in [-0.15, -0.1) is 0 Å². The molecule has 0 aliphatic carbocycles. The quantitative estimate of drug-likeness (QED) is 0.0253. The van der Waals surface area contributed by atoms with Gasteiger partial charge in [0.05, 0.1) is 25.3 Å². The largest absolute Gasteiger partial charge is 0.466 e. The summed E-state index contributed by atoms with van der Waals surface area (Å²) < 4.78 is 47.4. The lowest BCUT2D eigenvalue weighted by Gasteiger charge is -2.24. The number of carbonyl (C=O) groups is 10. The van der Waals surface area contributed by atoms with Gasteiger partial charge >= 0.3 is 23.9 Å². The van der Waals surface area contributed by atoms with Gasteiger partial charge in [0.2, 0.25) is 23.6 Å². The van der Waals surface area contributed by atoms with E-state index in [1.807, 2.05) is 0 Å². The van der Waals surface area contributed by atoms with Crippen LogP contribution in [-0.2, 0) is 60.6 Å². The molecule has 0 unspecified atom stereocenters. The molecule has 22 heteroatoms. The van der Waals surface area contributed by atoms with Crippen molar-refractivity contribution in [3.8, 4) is 0 Å². The summed E-state index contributed by atoms with van der Waals surface area (Å²) >= 11 is 0. The summed E-state index contributed by atoms with van der Waals surface area (Å²) in [6.07, 6.45) is -0.458. The Morgan fingerprint density at radius 2 is 0.744 bits per heavy atom. The average Bonchev–Trinajstić information content (AvgIpc) is 3.63. The van der Waals surface area contributed by atoms with Crippen LogP contribution in [0.2, 0.25) is 0 Å². The van der Waals surface area contributed by atoms with Gasteiger partial charge in [-0.2, -0.15) is 0 Å². The summed E-state index contributed by atoms with van der Waals surface area (Å²) in [6.45, 7) is -2.19. The summed E-state index contributed by atoms with van der Waals surface area (Å²) in [6, 6.07) is 32.8. The van der Waals surface area contributed by atoms with E-state index in [1.54, 1.807) is 60.7 Å². The first-order valence-electron chi connectivity index (χ1n) is 26.5. The van der Waals surface area contributed by atoms with Crippen molar-refractivity contribution < 1.29 is 75.7 Å². The van der Waals surface area contributed by atoms with E-state index in [2.05, 4.69) is 21.3 Å². The van der Waals surface area contributed by atoms with E-state index in [0.717, 1.165) is 35.1 Å². The molecule has 0 spiro atoms. The van der Waals surface area contributed by atoms with E-state index < -0.39 is 109 Å². The molecule has 5 aromatic rings. The zero-order valence-electron chi connectivity index (χ0n) is 45.5. The topological polar surface area (TPSA) is 262 Å². The fourth-order valence-corrected chi connectivity index (χ4v) is 8.08. The highest BCUT2D eigenvalue weighted by molar-refractivity contribution is 6.03. The van der Waals surface area contributed by atoms with Crippen molar-refractivity contribution in [2.24, 2.45) is 0 Å². The number of amides is 6. The molecule has 20 nitrogen and oxygen atoms in total. The Bertz CT molecular complexity index is 2760. The zero-order chi connectivity index (χ0) is 59.2. The molecule has 82 heavy (non-hydrogen) atoms. The number of nitrogens with one attached hydrogen (secondary N) is 4. The zero-order valence-corrected chi connectivity index (χ0v) is 45.5. The first kappa shape index (κ1) is 63.5. The second kappa shape index (κ2) is 33.9. The predicted octanol–water partition coefficient (Wildman–Crippen LogP) is 4.94. The SMILES string of the molecule is COC(=O)[C@H](CCCCNC(=O)CN(CC(=O)NCCc1ccc(F)cc1)C(=O)c1cccc(C(=O)N(CC(=O)NCCCC[C@H](OC(=O)c2ccccc2)C(=O)OC)CC(=O)NCCc2ccc(F)cc2)c1)OC(=O)c1ccccc1. The maximum absolute atomic E-state index is 14.3. The maximum atomic E-state index is 14.3. The second-order valence-corrected chi connectivity index (χ2v) is 18.6. The van der Waals surface area contributed by atoms with Crippen LogP contribution in [0.5, 0.6) is 0 Å². The van der Waals surface area contributed by atoms with Crippen molar-refractivity contribution in [1.29, 1.82) is 0 Å². The molecule has 0 heterocycles. The van der Waals surface area contributed by atoms with Gasteiger partial charge in [0.15, 0.2) is 12.2 Å². The molecule has 0 saturated heterocycles. The minimum absolute atomic E-state index is 0.0562. The van der Waals surface area contributed by atoms with Gasteiger partial charge in [-0.1, -0.05) is 66.7 Å². The number of benzene rings is 5. The van der Waals surface area contributed by atoms with E-state index in [1.165, 1.54) is 72.8 Å². The van der Waals surface area contributed by atoms with Crippen LogP contribution >= 0.6 is 0 Å². The van der Waals surface area contributed by atoms with Crippen LogP contribution in [0, 0.1) is 11.6 Å². The fraction of sp³-hybridized carbons (Fsp3) is 0.333. The molecule has 6 amide bonds. The molecule has 0 radical (unpaired) electrons. The first-order chi connectivity index (χ1) is 39.5. The van der Waals surface area contributed by atoms with Crippen molar-refractivity contribution in [2.45, 2.75) is 63.6 Å². The van der Waals surface area contributed by atoms with E-state index in [4.69, 9.17) is 18.9 Å². The molecule has 434 valence electrons. The first-order valence-corrected chi connectivity index (χ1v) is 26.5. The second-order valence-electron chi connectivity index (χ2n) is 18.6. The molecule has 2 atom stereocenters. The molecule has 0 fully saturated rings. The Kier molecular flexibility index (Phi) is 26.3. The van der Waals surface area contributed by atoms with Crippen LogP contribution in [0.15, 0.2) is 133 Å². The number of hydrogen-bond donors (Lipinski definition) is 4. The molecule has 0 saturated carbocycles. The molecule has 4 N–H and O–H groups in total.